The van der Waals surface area contributed by atoms with Crippen molar-refractivity contribution < 1.29 is 9.53 Å². The Morgan fingerprint density at radius 1 is 1.39 bits per heavy atom. The molecule has 120 valence electrons. The van der Waals surface area contributed by atoms with Gasteiger partial charge in [0.2, 0.25) is 0 Å². The van der Waals surface area contributed by atoms with E-state index in [2.05, 4.69) is 42.0 Å². The summed E-state index contributed by atoms with van der Waals surface area (Å²) in [5.74, 6) is 0.647. The first-order chi connectivity index (χ1) is 11.2. The lowest BCUT2D eigenvalue weighted by Gasteiger charge is -2.29. The van der Waals surface area contributed by atoms with E-state index in [4.69, 9.17) is 4.74 Å². The number of aromatic amines is 1. The highest BCUT2D eigenvalue weighted by molar-refractivity contribution is 9.10. The molecule has 0 aliphatic carbocycles. The van der Waals surface area contributed by atoms with Crippen LogP contribution < -0.4 is 10.9 Å². The monoisotopic (exact) mass is 377 g/mol. The van der Waals surface area contributed by atoms with Gasteiger partial charge in [-0.2, -0.15) is 5.10 Å². The summed E-state index contributed by atoms with van der Waals surface area (Å²) in [6.07, 6.45) is 3.85. The van der Waals surface area contributed by atoms with Crippen LogP contribution in [0.3, 0.4) is 0 Å². The molecule has 3 heterocycles. The molecule has 4 rings (SSSR count). The molecule has 3 N–H and O–H groups in total. The standard InChI is InChI=1S/C15H16BrN5O2/c16-15(13(22)12-3-1-2-6-23-12)10-7-9(14-17-8-18-20-14)4-5-11(10)19-21-15/h4-5,7-8,12,19,21H,1-3,6H2,(H,17,18,20). The molecule has 7 nitrogen and oxygen atoms in total. The smallest absolute Gasteiger partial charge is 0.198 e. The van der Waals surface area contributed by atoms with Crippen molar-refractivity contribution in [2.24, 2.45) is 0 Å². The minimum atomic E-state index is -1.000. The number of aromatic nitrogens is 3. The fraction of sp³-hybridized carbons (Fsp3) is 0.400. The summed E-state index contributed by atoms with van der Waals surface area (Å²) in [5, 5.41) is 6.71. The lowest BCUT2D eigenvalue weighted by Crippen LogP contribution is -2.48. The maximum absolute atomic E-state index is 13.0. The van der Waals surface area contributed by atoms with Crippen molar-refractivity contribution in [1.29, 1.82) is 0 Å². The second-order valence-electron chi connectivity index (χ2n) is 5.72. The molecule has 0 saturated carbocycles. The third kappa shape index (κ3) is 2.46. The number of ether oxygens (including phenoxy) is 1. The molecule has 0 amide bonds. The van der Waals surface area contributed by atoms with Gasteiger partial charge in [-0.15, -0.1) is 0 Å². The summed E-state index contributed by atoms with van der Waals surface area (Å²) in [6, 6.07) is 5.77. The molecule has 0 bridgehead atoms. The number of H-pyrrole nitrogens is 1. The summed E-state index contributed by atoms with van der Waals surface area (Å²) in [4.78, 5) is 17.1. The first-order valence-electron chi connectivity index (χ1n) is 7.57. The highest BCUT2D eigenvalue weighted by Gasteiger charge is 2.47. The van der Waals surface area contributed by atoms with Crippen LogP contribution >= 0.6 is 15.9 Å². The predicted octanol–water partition coefficient (Wildman–Crippen LogP) is 2.09. The highest BCUT2D eigenvalue weighted by atomic mass is 79.9. The van der Waals surface area contributed by atoms with Gasteiger partial charge < -0.3 is 10.2 Å². The second-order valence-corrected chi connectivity index (χ2v) is 6.91. The Bertz CT molecular complexity index is 729. The van der Waals surface area contributed by atoms with Crippen molar-refractivity contribution in [2.45, 2.75) is 29.8 Å². The number of ketones is 1. The van der Waals surface area contributed by atoms with Gasteiger partial charge in [0, 0.05) is 17.7 Å². The molecule has 2 aromatic rings. The molecule has 2 aliphatic heterocycles. The van der Waals surface area contributed by atoms with E-state index >= 15 is 0 Å². The molecule has 0 spiro atoms. The molecule has 8 heteroatoms. The average Bonchev–Trinajstić information content (AvgIpc) is 3.24. The van der Waals surface area contributed by atoms with Gasteiger partial charge in [0.15, 0.2) is 16.1 Å². The largest absolute Gasteiger partial charge is 0.370 e. The Morgan fingerprint density at radius 2 is 2.30 bits per heavy atom. The van der Waals surface area contributed by atoms with Crippen LogP contribution in [0.15, 0.2) is 24.5 Å². The molecule has 23 heavy (non-hydrogen) atoms. The Labute approximate surface area is 141 Å². The van der Waals surface area contributed by atoms with Crippen molar-refractivity contribution in [3.63, 3.8) is 0 Å². The predicted molar refractivity (Wildman–Crippen MR) is 87.8 cm³/mol. The zero-order chi connectivity index (χ0) is 15.9. The molecular formula is C15H16BrN5O2. The van der Waals surface area contributed by atoms with Crippen molar-refractivity contribution in [3.8, 4) is 11.4 Å². The number of halogens is 1. The Hall–Kier alpha value is -1.77. The number of rotatable bonds is 3. The van der Waals surface area contributed by atoms with Gasteiger partial charge in [-0.1, -0.05) is 15.9 Å². The number of hydrogen-bond donors (Lipinski definition) is 3. The number of nitrogens with one attached hydrogen (secondary N) is 3. The number of fused-ring (bicyclic) bond motifs is 1. The van der Waals surface area contributed by atoms with Gasteiger partial charge in [0.25, 0.3) is 0 Å². The van der Waals surface area contributed by atoms with E-state index in [1.54, 1.807) is 0 Å². The minimum absolute atomic E-state index is 0.0156. The number of carbonyl (C=O) groups excluding carboxylic acids is 1. The zero-order valence-electron chi connectivity index (χ0n) is 12.3. The number of Topliss-reactive ketones (excluding diaryl/α,β-unsaturated/α-hetero) is 1. The third-order valence-electron chi connectivity index (χ3n) is 4.26. The van der Waals surface area contributed by atoms with Crippen molar-refractivity contribution in [3.05, 3.63) is 30.1 Å². The summed E-state index contributed by atoms with van der Waals surface area (Å²) in [6.45, 7) is 0.637. The average molecular weight is 378 g/mol. The number of hydrogen-bond acceptors (Lipinski definition) is 6. The molecule has 1 fully saturated rings. The van der Waals surface area contributed by atoms with Crippen LogP contribution in [0, 0.1) is 0 Å². The van der Waals surface area contributed by atoms with E-state index in [0.717, 1.165) is 36.1 Å². The lowest BCUT2D eigenvalue weighted by atomic mass is 9.94. The molecular weight excluding hydrogens is 362 g/mol. The van der Waals surface area contributed by atoms with Gasteiger partial charge in [-0.3, -0.25) is 9.89 Å². The molecule has 1 aromatic carbocycles. The van der Waals surface area contributed by atoms with E-state index in [1.807, 2.05) is 18.2 Å². The lowest BCUT2D eigenvalue weighted by molar-refractivity contribution is -0.136. The number of benzene rings is 1. The molecule has 2 aliphatic rings. The molecule has 1 saturated heterocycles. The first kappa shape index (κ1) is 14.8. The number of anilines is 1. The summed E-state index contributed by atoms with van der Waals surface area (Å²) in [5.41, 5.74) is 8.67. The van der Waals surface area contributed by atoms with E-state index in [9.17, 15) is 4.79 Å². The minimum Gasteiger partial charge on any atom is -0.370 e. The van der Waals surface area contributed by atoms with Gasteiger partial charge in [-0.25, -0.2) is 10.4 Å². The number of carbonyl (C=O) groups is 1. The molecule has 2 unspecified atom stereocenters. The van der Waals surface area contributed by atoms with Crippen molar-refractivity contribution >= 4 is 27.4 Å². The summed E-state index contributed by atoms with van der Waals surface area (Å²) in [7, 11) is 0. The SMILES string of the molecule is O=C(C1CCCCO1)C1(Br)NNc2ccc(-c3ncn[nH]3)cc21. The van der Waals surface area contributed by atoms with Gasteiger partial charge in [0.05, 0.1) is 5.69 Å². The maximum atomic E-state index is 13.0. The Morgan fingerprint density at radius 3 is 3.04 bits per heavy atom. The van der Waals surface area contributed by atoms with E-state index < -0.39 is 10.6 Å². The van der Waals surface area contributed by atoms with Gasteiger partial charge in [-0.05, 0) is 37.5 Å². The Kier molecular flexibility index (Phi) is 3.67. The second kappa shape index (κ2) is 5.70. The molecule has 2 atom stereocenters. The number of nitrogens with zero attached hydrogens (tertiary/aromatic N) is 2. The molecule has 1 aromatic heterocycles. The van der Waals surface area contributed by atoms with E-state index in [1.165, 1.54) is 6.33 Å². The number of hydrazine groups is 1. The van der Waals surface area contributed by atoms with Crippen LogP contribution in [0.2, 0.25) is 0 Å². The fourth-order valence-electron chi connectivity index (χ4n) is 3.01. The zero-order valence-corrected chi connectivity index (χ0v) is 13.9. The van der Waals surface area contributed by atoms with Crippen molar-refractivity contribution in [2.75, 3.05) is 12.0 Å². The van der Waals surface area contributed by atoms with Gasteiger partial charge >= 0.3 is 0 Å². The summed E-state index contributed by atoms with van der Waals surface area (Å²) >= 11 is 3.59. The van der Waals surface area contributed by atoms with Crippen molar-refractivity contribution in [1.82, 2.24) is 20.6 Å². The fourth-order valence-corrected chi connectivity index (χ4v) is 3.70. The first-order valence-corrected chi connectivity index (χ1v) is 8.36. The van der Waals surface area contributed by atoms with Crippen LogP contribution in [0.4, 0.5) is 5.69 Å². The van der Waals surface area contributed by atoms with E-state index in [0.29, 0.717) is 12.4 Å². The maximum Gasteiger partial charge on any atom is 0.198 e. The highest BCUT2D eigenvalue weighted by Crippen LogP contribution is 2.42. The van der Waals surface area contributed by atoms with Crippen LogP contribution in [-0.4, -0.2) is 33.7 Å². The van der Waals surface area contributed by atoms with Crippen LogP contribution in [0.1, 0.15) is 24.8 Å². The Balaban J connectivity index is 1.70. The molecule has 0 radical (unpaired) electrons. The normalized spacial score (nSPS) is 26.6. The quantitative estimate of drug-likeness (QED) is 0.560. The third-order valence-corrected chi connectivity index (χ3v) is 5.28. The van der Waals surface area contributed by atoms with Gasteiger partial charge in [0.1, 0.15) is 12.4 Å². The van der Waals surface area contributed by atoms with Crippen LogP contribution in [0.25, 0.3) is 11.4 Å². The van der Waals surface area contributed by atoms with Crippen LogP contribution in [-0.2, 0) is 14.0 Å². The number of alkyl halides is 1. The topological polar surface area (TPSA) is 91.9 Å². The van der Waals surface area contributed by atoms with Crippen LogP contribution in [0.5, 0.6) is 0 Å². The summed E-state index contributed by atoms with van der Waals surface area (Å²) < 4.78 is 4.66. The van der Waals surface area contributed by atoms with E-state index in [-0.39, 0.29) is 5.78 Å².